The molecule has 0 aromatic heterocycles. The van der Waals surface area contributed by atoms with Crippen LogP contribution < -0.4 is 4.90 Å². The van der Waals surface area contributed by atoms with Gasteiger partial charge in [0.2, 0.25) is 0 Å². The molecule has 0 saturated carbocycles. The Balaban J connectivity index is 2.81. The summed E-state index contributed by atoms with van der Waals surface area (Å²) in [4.78, 5) is 1.05. The number of nitrogens with one attached hydrogen (secondary N) is 1. The maximum atomic E-state index is 9.48. The topological polar surface area (TPSA) is 44.9 Å². The summed E-state index contributed by atoms with van der Waals surface area (Å²) in [5.41, 5.74) is 0.858. The van der Waals surface area contributed by atoms with E-state index in [1.165, 1.54) is 0 Å². The minimum absolute atomic E-state index is 0.431. The summed E-state index contributed by atoms with van der Waals surface area (Å²) < 4.78 is 0. The first-order chi connectivity index (χ1) is 8.40. The molecule has 0 amide bonds. The Labute approximate surface area is 118 Å². The first kappa shape index (κ1) is 15.7. The lowest BCUT2D eigenvalue weighted by atomic mass is 10.2. The molecule has 0 aliphatic rings. The van der Waals surface area contributed by atoms with E-state index in [2.05, 4.69) is 0 Å². The highest BCUT2D eigenvalue weighted by molar-refractivity contribution is 6.35. The van der Waals surface area contributed by atoms with Crippen molar-refractivity contribution in [2.24, 2.45) is 0 Å². The summed E-state index contributed by atoms with van der Waals surface area (Å²) in [5, 5.41) is 20.2. The Kier molecular flexibility index (Phi) is 6.39. The largest absolute Gasteiger partial charge is 0.388 e. The fourth-order valence-electron chi connectivity index (χ4n) is 2.01. The van der Waals surface area contributed by atoms with Crippen LogP contribution in [0.15, 0.2) is 18.2 Å². The molecular formula is C13H20Cl2NO2+. The molecule has 3 N–H and O–H groups in total. The van der Waals surface area contributed by atoms with Crippen LogP contribution in [0.4, 0.5) is 0 Å². The van der Waals surface area contributed by atoms with Crippen molar-refractivity contribution in [3.8, 4) is 0 Å². The zero-order valence-electron chi connectivity index (χ0n) is 10.7. The fraction of sp³-hybridized carbons (Fsp3) is 0.538. The molecule has 0 radical (unpaired) electrons. The van der Waals surface area contributed by atoms with Gasteiger partial charge in [0.05, 0.1) is 10.0 Å². The predicted octanol–water partition coefficient (Wildman–Crippen LogP) is 1.14. The summed E-state index contributed by atoms with van der Waals surface area (Å²) >= 11 is 12.2. The summed E-state index contributed by atoms with van der Waals surface area (Å²) in [6.45, 7) is 5.15. The van der Waals surface area contributed by atoms with E-state index in [0.717, 1.165) is 10.5 Å². The quantitative estimate of drug-likeness (QED) is 0.736. The molecule has 0 aliphatic carbocycles. The van der Waals surface area contributed by atoms with Gasteiger partial charge in [0, 0.05) is 5.56 Å². The normalized spacial score (nSPS) is 14.8. The third-order valence-electron chi connectivity index (χ3n) is 2.66. The van der Waals surface area contributed by atoms with Crippen molar-refractivity contribution in [2.75, 3.05) is 13.1 Å². The van der Waals surface area contributed by atoms with Crippen molar-refractivity contribution in [1.29, 1.82) is 0 Å². The monoisotopic (exact) mass is 292 g/mol. The van der Waals surface area contributed by atoms with Crippen LogP contribution in [-0.4, -0.2) is 35.5 Å². The van der Waals surface area contributed by atoms with Gasteiger partial charge in [-0.05, 0) is 26.0 Å². The molecule has 3 nitrogen and oxygen atoms in total. The van der Waals surface area contributed by atoms with Gasteiger partial charge in [-0.2, -0.15) is 0 Å². The van der Waals surface area contributed by atoms with Gasteiger partial charge in [-0.15, -0.1) is 0 Å². The Bertz CT molecular complexity index is 353. The molecule has 0 fully saturated rings. The standard InChI is InChI=1S/C13H19Cl2NO2/c1-9(17)6-16(7-10(2)18)8-11-12(14)4-3-5-13(11)15/h3-5,9-10,17-18H,6-8H2,1-2H3/p+1/t9-,10-/m1/s1. The molecule has 1 rings (SSSR count). The van der Waals surface area contributed by atoms with Crippen molar-refractivity contribution in [3.63, 3.8) is 0 Å². The van der Waals surface area contributed by atoms with Gasteiger partial charge in [0.15, 0.2) is 0 Å². The van der Waals surface area contributed by atoms with Gasteiger partial charge in [0.25, 0.3) is 0 Å². The van der Waals surface area contributed by atoms with Crippen LogP contribution in [0.3, 0.4) is 0 Å². The van der Waals surface area contributed by atoms with Crippen molar-refractivity contribution < 1.29 is 15.1 Å². The number of hydrogen-bond donors (Lipinski definition) is 3. The van der Waals surface area contributed by atoms with Gasteiger partial charge < -0.3 is 15.1 Å². The van der Waals surface area contributed by atoms with Gasteiger partial charge in [-0.1, -0.05) is 29.3 Å². The molecule has 5 heteroatoms. The van der Waals surface area contributed by atoms with Crippen LogP contribution in [0.5, 0.6) is 0 Å². The molecule has 1 aromatic rings. The number of benzene rings is 1. The smallest absolute Gasteiger partial charge is 0.106 e. The molecule has 0 spiro atoms. The lowest BCUT2D eigenvalue weighted by Gasteiger charge is -2.23. The molecule has 0 aliphatic heterocycles. The Morgan fingerprint density at radius 3 is 1.89 bits per heavy atom. The molecule has 0 bridgehead atoms. The first-order valence-electron chi connectivity index (χ1n) is 6.02. The summed E-state index contributed by atoms with van der Waals surface area (Å²) in [5.74, 6) is 0. The SMILES string of the molecule is C[C@@H](O)C[NH+](Cc1c(Cl)cccc1Cl)C[C@@H](C)O. The van der Waals surface area contributed by atoms with Gasteiger partial charge in [0.1, 0.15) is 31.8 Å². The molecular weight excluding hydrogens is 273 g/mol. The highest BCUT2D eigenvalue weighted by Gasteiger charge is 2.18. The van der Waals surface area contributed by atoms with Gasteiger partial charge in [-0.25, -0.2) is 0 Å². The van der Waals surface area contributed by atoms with Crippen molar-refractivity contribution in [3.05, 3.63) is 33.8 Å². The highest BCUT2D eigenvalue weighted by Crippen LogP contribution is 2.23. The Morgan fingerprint density at radius 1 is 1.06 bits per heavy atom. The van der Waals surface area contributed by atoms with E-state index >= 15 is 0 Å². The van der Waals surface area contributed by atoms with Crippen LogP contribution in [0, 0.1) is 0 Å². The zero-order chi connectivity index (χ0) is 13.7. The number of hydrogen-bond acceptors (Lipinski definition) is 2. The first-order valence-corrected chi connectivity index (χ1v) is 6.78. The average Bonchev–Trinajstić information content (AvgIpc) is 2.21. The van der Waals surface area contributed by atoms with E-state index in [1.54, 1.807) is 32.0 Å². The molecule has 2 atom stereocenters. The zero-order valence-corrected chi connectivity index (χ0v) is 12.2. The van der Waals surface area contributed by atoms with Crippen LogP contribution in [0.2, 0.25) is 10.0 Å². The maximum absolute atomic E-state index is 9.48. The maximum Gasteiger partial charge on any atom is 0.106 e. The van der Waals surface area contributed by atoms with Crippen LogP contribution in [0.1, 0.15) is 19.4 Å². The fourth-order valence-corrected chi connectivity index (χ4v) is 2.55. The van der Waals surface area contributed by atoms with E-state index < -0.39 is 12.2 Å². The van der Waals surface area contributed by atoms with Crippen LogP contribution >= 0.6 is 23.2 Å². The molecule has 0 heterocycles. The highest BCUT2D eigenvalue weighted by atomic mass is 35.5. The van der Waals surface area contributed by atoms with Crippen LogP contribution in [-0.2, 0) is 6.54 Å². The van der Waals surface area contributed by atoms with E-state index in [4.69, 9.17) is 23.2 Å². The van der Waals surface area contributed by atoms with Crippen molar-refractivity contribution >= 4 is 23.2 Å². The molecule has 102 valence electrons. The minimum atomic E-state index is -0.431. The second-order valence-corrected chi connectivity index (χ2v) is 5.55. The third-order valence-corrected chi connectivity index (χ3v) is 3.36. The van der Waals surface area contributed by atoms with E-state index in [1.807, 2.05) is 0 Å². The molecule has 1 aromatic carbocycles. The van der Waals surface area contributed by atoms with Crippen LogP contribution in [0.25, 0.3) is 0 Å². The molecule has 0 saturated heterocycles. The summed E-state index contributed by atoms with van der Waals surface area (Å²) in [6.07, 6.45) is -0.861. The van der Waals surface area contributed by atoms with E-state index in [0.29, 0.717) is 29.7 Å². The van der Waals surface area contributed by atoms with Gasteiger partial charge >= 0.3 is 0 Å². The number of rotatable bonds is 6. The van der Waals surface area contributed by atoms with Gasteiger partial charge in [-0.3, -0.25) is 0 Å². The van der Waals surface area contributed by atoms with E-state index in [9.17, 15) is 10.2 Å². The minimum Gasteiger partial charge on any atom is -0.388 e. The number of aliphatic hydroxyl groups excluding tert-OH is 2. The lowest BCUT2D eigenvalue weighted by molar-refractivity contribution is -0.919. The Morgan fingerprint density at radius 2 is 1.50 bits per heavy atom. The van der Waals surface area contributed by atoms with Crippen molar-refractivity contribution in [2.45, 2.75) is 32.6 Å². The summed E-state index contributed by atoms with van der Waals surface area (Å²) in [6, 6.07) is 5.40. The Hall–Kier alpha value is -0.320. The second kappa shape index (κ2) is 7.31. The second-order valence-electron chi connectivity index (χ2n) is 4.73. The number of halogens is 2. The predicted molar refractivity (Wildman–Crippen MR) is 74.2 cm³/mol. The average molecular weight is 293 g/mol. The lowest BCUT2D eigenvalue weighted by Crippen LogP contribution is -3.12. The molecule has 18 heavy (non-hydrogen) atoms. The van der Waals surface area contributed by atoms with E-state index in [-0.39, 0.29) is 0 Å². The summed E-state index contributed by atoms with van der Waals surface area (Å²) in [7, 11) is 0. The molecule has 0 unspecified atom stereocenters. The number of quaternary nitrogens is 1. The third kappa shape index (κ3) is 5.12. The number of aliphatic hydroxyl groups is 2. The van der Waals surface area contributed by atoms with Crippen molar-refractivity contribution in [1.82, 2.24) is 0 Å².